The van der Waals surface area contributed by atoms with Crippen molar-refractivity contribution in [3.8, 4) is 11.1 Å². The van der Waals surface area contributed by atoms with Gasteiger partial charge in [-0.2, -0.15) is 0 Å². The van der Waals surface area contributed by atoms with Crippen LogP contribution >= 0.6 is 0 Å². The zero-order valence-electron chi connectivity index (χ0n) is 11.5. The maximum atomic E-state index is 8.67. The molecule has 104 valence electrons. The van der Waals surface area contributed by atoms with Crippen LogP contribution in [0.1, 0.15) is 6.92 Å². The Kier molecular flexibility index (Phi) is 4.60. The van der Waals surface area contributed by atoms with E-state index in [0.29, 0.717) is 6.54 Å². The minimum absolute atomic E-state index is 0.0381. The molecule has 0 aromatic heterocycles. The molecule has 0 saturated heterocycles. The number of anilines is 1. The van der Waals surface area contributed by atoms with E-state index in [9.17, 15) is 0 Å². The van der Waals surface area contributed by atoms with Crippen LogP contribution in [0.4, 0.5) is 5.69 Å². The summed E-state index contributed by atoms with van der Waals surface area (Å²) in [5.41, 5.74) is 8.93. The van der Waals surface area contributed by atoms with Crippen LogP contribution in [-0.4, -0.2) is 17.6 Å². The van der Waals surface area contributed by atoms with Gasteiger partial charge in [-0.25, -0.2) is 0 Å². The highest BCUT2D eigenvalue weighted by molar-refractivity contribution is 5.83. The molecule has 1 unspecified atom stereocenters. The quantitative estimate of drug-likeness (QED) is 0.338. The lowest BCUT2D eigenvalue weighted by molar-refractivity contribution is 0.315. The average Bonchev–Trinajstić information content (AvgIpc) is 2.53. The van der Waals surface area contributed by atoms with E-state index >= 15 is 0 Å². The van der Waals surface area contributed by atoms with Crippen LogP contribution in [0.15, 0.2) is 59.8 Å². The lowest BCUT2D eigenvalue weighted by atomic mass is 10.0. The first-order chi connectivity index (χ1) is 9.72. The van der Waals surface area contributed by atoms with Gasteiger partial charge in [-0.05, 0) is 11.6 Å². The van der Waals surface area contributed by atoms with Gasteiger partial charge in [-0.15, -0.1) is 0 Å². The monoisotopic (exact) mass is 269 g/mol. The van der Waals surface area contributed by atoms with Gasteiger partial charge < -0.3 is 16.3 Å². The first-order valence-electron chi connectivity index (χ1n) is 6.58. The first-order valence-corrected chi connectivity index (χ1v) is 6.58. The van der Waals surface area contributed by atoms with E-state index in [1.54, 1.807) is 0 Å². The number of para-hydroxylation sites is 1. The molecular weight excluding hydrogens is 250 g/mol. The SMILES string of the molecule is CC(CNc1ccccc1-c1ccccc1)C(N)=NO. The Bertz CT molecular complexity index is 581. The number of nitrogens with zero attached hydrogens (tertiary/aromatic N) is 1. The Morgan fingerprint density at radius 3 is 2.50 bits per heavy atom. The topological polar surface area (TPSA) is 70.6 Å². The third-order valence-corrected chi connectivity index (χ3v) is 3.23. The summed E-state index contributed by atoms with van der Waals surface area (Å²) in [7, 11) is 0. The molecule has 0 aliphatic heterocycles. The number of oxime groups is 1. The van der Waals surface area contributed by atoms with Crippen LogP contribution < -0.4 is 11.1 Å². The van der Waals surface area contributed by atoms with Gasteiger partial charge in [-0.3, -0.25) is 0 Å². The standard InChI is InChI=1S/C16H19N3O/c1-12(16(17)19-20)11-18-15-10-6-5-9-14(15)13-7-3-2-4-8-13/h2-10,12,18,20H,11H2,1H3,(H2,17,19). The van der Waals surface area contributed by atoms with Crippen molar-refractivity contribution in [3.05, 3.63) is 54.6 Å². The van der Waals surface area contributed by atoms with Gasteiger partial charge in [-0.1, -0.05) is 60.6 Å². The van der Waals surface area contributed by atoms with E-state index in [1.807, 2.05) is 43.3 Å². The molecule has 2 aromatic rings. The maximum Gasteiger partial charge on any atom is 0.143 e. The number of nitrogens with two attached hydrogens (primary N) is 1. The van der Waals surface area contributed by atoms with Crippen LogP contribution in [0.5, 0.6) is 0 Å². The smallest absolute Gasteiger partial charge is 0.143 e. The molecule has 4 N–H and O–H groups in total. The maximum absolute atomic E-state index is 8.67. The van der Waals surface area contributed by atoms with E-state index in [2.05, 4.69) is 28.7 Å². The van der Waals surface area contributed by atoms with E-state index in [0.717, 1.165) is 16.8 Å². The summed E-state index contributed by atoms with van der Waals surface area (Å²) >= 11 is 0. The molecule has 2 aromatic carbocycles. The summed E-state index contributed by atoms with van der Waals surface area (Å²) in [6.45, 7) is 2.52. The van der Waals surface area contributed by atoms with Gasteiger partial charge >= 0.3 is 0 Å². The Hall–Kier alpha value is -2.49. The minimum Gasteiger partial charge on any atom is -0.409 e. The van der Waals surface area contributed by atoms with Gasteiger partial charge in [0, 0.05) is 23.7 Å². The molecule has 4 heteroatoms. The predicted octanol–water partition coefficient (Wildman–Crippen LogP) is 3.15. The number of benzene rings is 2. The summed E-state index contributed by atoms with van der Waals surface area (Å²) < 4.78 is 0. The van der Waals surface area contributed by atoms with Gasteiger partial charge in [0.25, 0.3) is 0 Å². The number of nitrogens with one attached hydrogen (secondary N) is 1. The third kappa shape index (κ3) is 3.29. The molecule has 0 amide bonds. The van der Waals surface area contributed by atoms with E-state index in [1.165, 1.54) is 0 Å². The Labute approximate surface area is 118 Å². The normalized spacial score (nSPS) is 12.9. The fourth-order valence-corrected chi connectivity index (χ4v) is 1.97. The number of amidine groups is 1. The van der Waals surface area contributed by atoms with Crippen molar-refractivity contribution in [1.82, 2.24) is 0 Å². The second-order valence-electron chi connectivity index (χ2n) is 4.72. The molecule has 2 rings (SSSR count). The molecular formula is C16H19N3O. The summed E-state index contributed by atoms with van der Waals surface area (Å²) in [6.07, 6.45) is 0. The van der Waals surface area contributed by atoms with E-state index in [4.69, 9.17) is 10.9 Å². The molecule has 0 fully saturated rings. The summed E-state index contributed by atoms with van der Waals surface area (Å²) in [4.78, 5) is 0. The van der Waals surface area contributed by atoms with Crippen molar-refractivity contribution in [2.75, 3.05) is 11.9 Å². The third-order valence-electron chi connectivity index (χ3n) is 3.23. The van der Waals surface area contributed by atoms with Gasteiger partial charge in [0.05, 0.1) is 0 Å². The average molecular weight is 269 g/mol. The van der Waals surface area contributed by atoms with Crippen LogP contribution in [0.25, 0.3) is 11.1 Å². The highest BCUT2D eigenvalue weighted by atomic mass is 16.4. The van der Waals surface area contributed by atoms with Gasteiger partial charge in [0.15, 0.2) is 0 Å². The second kappa shape index (κ2) is 6.61. The number of rotatable bonds is 5. The van der Waals surface area contributed by atoms with Crippen LogP contribution in [0.2, 0.25) is 0 Å². The molecule has 0 spiro atoms. The molecule has 4 nitrogen and oxygen atoms in total. The van der Waals surface area contributed by atoms with Crippen LogP contribution in [0, 0.1) is 5.92 Å². The highest BCUT2D eigenvalue weighted by Gasteiger charge is 2.09. The number of hydrogen-bond acceptors (Lipinski definition) is 3. The predicted molar refractivity (Wildman–Crippen MR) is 82.9 cm³/mol. The van der Waals surface area contributed by atoms with E-state index < -0.39 is 0 Å². The van der Waals surface area contributed by atoms with Crippen molar-refractivity contribution in [3.63, 3.8) is 0 Å². The van der Waals surface area contributed by atoms with Crippen molar-refractivity contribution in [1.29, 1.82) is 0 Å². The molecule has 0 aliphatic carbocycles. The summed E-state index contributed by atoms with van der Waals surface area (Å²) in [6, 6.07) is 18.3. The Morgan fingerprint density at radius 2 is 1.80 bits per heavy atom. The lowest BCUT2D eigenvalue weighted by Gasteiger charge is -2.15. The molecule has 0 bridgehead atoms. The minimum atomic E-state index is -0.0381. The van der Waals surface area contributed by atoms with Crippen molar-refractivity contribution in [2.45, 2.75) is 6.92 Å². The molecule has 20 heavy (non-hydrogen) atoms. The van der Waals surface area contributed by atoms with Gasteiger partial charge in [0.1, 0.15) is 5.84 Å². The molecule has 1 atom stereocenters. The molecule has 0 heterocycles. The molecule has 0 aliphatic rings. The van der Waals surface area contributed by atoms with Crippen LogP contribution in [-0.2, 0) is 0 Å². The zero-order valence-corrected chi connectivity index (χ0v) is 11.5. The lowest BCUT2D eigenvalue weighted by Crippen LogP contribution is -2.27. The van der Waals surface area contributed by atoms with Crippen molar-refractivity contribution >= 4 is 11.5 Å². The van der Waals surface area contributed by atoms with Crippen molar-refractivity contribution in [2.24, 2.45) is 16.8 Å². The summed E-state index contributed by atoms with van der Waals surface area (Å²) in [5, 5.41) is 15.1. The summed E-state index contributed by atoms with van der Waals surface area (Å²) in [5.74, 6) is 0.193. The highest BCUT2D eigenvalue weighted by Crippen LogP contribution is 2.27. The zero-order chi connectivity index (χ0) is 14.4. The van der Waals surface area contributed by atoms with Crippen LogP contribution in [0.3, 0.4) is 0 Å². The molecule has 0 saturated carbocycles. The Morgan fingerprint density at radius 1 is 1.15 bits per heavy atom. The molecule has 0 radical (unpaired) electrons. The Balaban J connectivity index is 2.17. The largest absolute Gasteiger partial charge is 0.409 e. The fraction of sp³-hybridized carbons (Fsp3) is 0.188. The van der Waals surface area contributed by atoms with E-state index in [-0.39, 0.29) is 11.8 Å². The van der Waals surface area contributed by atoms with Gasteiger partial charge in [0.2, 0.25) is 0 Å². The second-order valence-corrected chi connectivity index (χ2v) is 4.72. The van der Waals surface area contributed by atoms with Crippen molar-refractivity contribution < 1.29 is 5.21 Å². The first kappa shape index (κ1) is 13.9. The number of hydrogen-bond donors (Lipinski definition) is 3. The fourth-order valence-electron chi connectivity index (χ4n) is 1.97.